The lowest BCUT2D eigenvalue weighted by Gasteiger charge is -2.24. The molecule has 1 aliphatic rings. The summed E-state index contributed by atoms with van der Waals surface area (Å²) in [7, 11) is 0. The van der Waals surface area contributed by atoms with Gasteiger partial charge >= 0.3 is 0 Å². The van der Waals surface area contributed by atoms with E-state index in [1.807, 2.05) is 35.0 Å². The molecule has 0 spiro atoms. The minimum absolute atomic E-state index is 0.153. The average Bonchev–Trinajstić information content (AvgIpc) is 3.20. The number of aromatic nitrogens is 2. The monoisotopic (exact) mass is 378 g/mol. The second-order valence-corrected chi connectivity index (χ2v) is 7.02. The Bertz CT molecular complexity index is 931. The van der Waals surface area contributed by atoms with E-state index in [4.69, 9.17) is 0 Å². The number of amides is 1. The smallest absolute Gasteiger partial charge is 0.255 e. The predicted molar refractivity (Wildman–Crippen MR) is 106 cm³/mol. The number of hydrogen-bond donors (Lipinski definition) is 2. The van der Waals surface area contributed by atoms with Crippen LogP contribution >= 0.6 is 0 Å². The van der Waals surface area contributed by atoms with E-state index < -0.39 is 0 Å². The van der Waals surface area contributed by atoms with E-state index in [-0.39, 0.29) is 17.6 Å². The molecule has 0 atom stereocenters. The summed E-state index contributed by atoms with van der Waals surface area (Å²) in [4.78, 5) is 12.9. The molecule has 2 N–H and O–H groups in total. The summed E-state index contributed by atoms with van der Waals surface area (Å²) in [6.07, 6.45) is 3.60. The van der Waals surface area contributed by atoms with Gasteiger partial charge in [0.15, 0.2) is 0 Å². The Morgan fingerprint density at radius 1 is 1.11 bits per heavy atom. The van der Waals surface area contributed by atoms with Crippen LogP contribution in [0.1, 0.15) is 40.4 Å². The van der Waals surface area contributed by atoms with Crippen LogP contribution in [-0.2, 0) is 6.54 Å². The molecule has 0 saturated carbocycles. The van der Waals surface area contributed by atoms with Crippen LogP contribution in [0, 0.1) is 5.82 Å². The van der Waals surface area contributed by atoms with Gasteiger partial charge in [-0.3, -0.25) is 4.79 Å². The molecule has 3 aromatic rings. The summed E-state index contributed by atoms with van der Waals surface area (Å²) < 4.78 is 15.0. The summed E-state index contributed by atoms with van der Waals surface area (Å²) in [6, 6.07) is 16.1. The Morgan fingerprint density at radius 3 is 2.54 bits per heavy atom. The number of halogens is 1. The van der Waals surface area contributed by atoms with Crippen molar-refractivity contribution in [1.29, 1.82) is 0 Å². The maximum Gasteiger partial charge on any atom is 0.255 e. The number of benzene rings is 2. The van der Waals surface area contributed by atoms with Crippen molar-refractivity contribution in [2.24, 2.45) is 0 Å². The Morgan fingerprint density at radius 2 is 1.82 bits per heavy atom. The first-order valence-corrected chi connectivity index (χ1v) is 9.59. The fraction of sp³-hybridized carbons (Fsp3) is 0.273. The maximum absolute atomic E-state index is 13.1. The molecule has 5 nitrogen and oxygen atoms in total. The van der Waals surface area contributed by atoms with E-state index >= 15 is 0 Å². The van der Waals surface area contributed by atoms with Gasteiger partial charge in [-0.05, 0) is 55.8 Å². The van der Waals surface area contributed by atoms with Crippen LogP contribution in [0.4, 0.5) is 4.39 Å². The van der Waals surface area contributed by atoms with E-state index in [0.29, 0.717) is 12.1 Å². The lowest BCUT2D eigenvalue weighted by Crippen LogP contribution is -2.30. The van der Waals surface area contributed by atoms with Crippen molar-refractivity contribution in [3.05, 3.63) is 83.4 Å². The third-order valence-electron chi connectivity index (χ3n) is 5.14. The van der Waals surface area contributed by atoms with Gasteiger partial charge in [-0.15, -0.1) is 0 Å². The molecule has 2 heterocycles. The number of carbonyl (C=O) groups excluding carboxylic acids is 1. The standard InChI is InChI=1S/C22H23FN4O/c23-18-8-6-16(7-9-18)14-25-22(28)20-15-26-27(19-4-2-1-3-5-19)21(20)17-10-12-24-13-11-17/h1-9,15,17,24H,10-14H2,(H,25,28). The van der Waals surface area contributed by atoms with Crippen molar-refractivity contribution < 1.29 is 9.18 Å². The zero-order chi connectivity index (χ0) is 19.3. The summed E-state index contributed by atoms with van der Waals surface area (Å²) in [5.41, 5.74) is 3.38. The molecule has 1 aromatic heterocycles. The summed E-state index contributed by atoms with van der Waals surface area (Å²) >= 11 is 0. The van der Waals surface area contributed by atoms with Gasteiger partial charge in [0.05, 0.1) is 23.1 Å². The number of carbonyl (C=O) groups is 1. The third-order valence-corrected chi connectivity index (χ3v) is 5.14. The van der Waals surface area contributed by atoms with Gasteiger partial charge in [0.25, 0.3) is 5.91 Å². The number of para-hydroxylation sites is 1. The van der Waals surface area contributed by atoms with Gasteiger partial charge in [-0.1, -0.05) is 30.3 Å². The highest BCUT2D eigenvalue weighted by molar-refractivity contribution is 5.95. The molecular formula is C22H23FN4O. The summed E-state index contributed by atoms with van der Waals surface area (Å²) in [6.45, 7) is 2.21. The molecule has 1 fully saturated rings. The van der Waals surface area contributed by atoms with Crippen LogP contribution < -0.4 is 10.6 Å². The first-order chi connectivity index (χ1) is 13.7. The van der Waals surface area contributed by atoms with Gasteiger partial charge in [-0.2, -0.15) is 5.10 Å². The highest BCUT2D eigenvalue weighted by Gasteiger charge is 2.26. The van der Waals surface area contributed by atoms with E-state index in [2.05, 4.69) is 15.7 Å². The Labute approximate surface area is 163 Å². The molecule has 1 saturated heterocycles. The average molecular weight is 378 g/mol. The summed E-state index contributed by atoms with van der Waals surface area (Å²) in [5.74, 6) is -0.164. The molecule has 0 unspecified atom stereocenters. The van der Waals surface area contributed by atoms with Crippen LogP contribution in [0.5, 0.6) is 0 Å². The first kappa shape index (κ1) is 18.4. The number of piperidine rings is 1. The largest absolute Gasteiger partial charge is 0.348 e. The van der Waals surface area contributed by atoms with Crippen LogP contribution in [-0.4, -0.2) is 28.8 Å². The van der Waals surface area contributed by atoms with E-state index in [0.717, 1.165) is 42.9 Å². The van der Waals surface area contributed by atoms with Crippen molar-refractivity contribution in [2.75, 3.05) is 13.1 Å². The molecule has 4 rings (SSSR count). The number of nitrogens with zero attached hydrogens (tertiary/aromatic N) is 2. The molecule has 144 valence electrons. The Kier molecular flexibility index (Phi) is 5.48. The van der Waals surface area contributed by atoms with Crippen molar-refractivity contribution in [1.82, 2.24) is 20.4 Å². The molecule has 1 aliphatic heterocycles. The van der Waals surface area contributed by atoms with Crippen molar-refractivity contribution in [2.45, 2.75) is 25.3 Å². The lowest BCUT2D eigenvalue weighted by atomic mass is 9.91. The van der Waals surface area contributed by atoms with Gasteiger partial charge in [-0.25, -0.2) is 9.07 Å². The predicted octanol–water partition coefficient (Wildman–Crippen LogP) is 3.41. The molecule has 0 aliphatic carbocycles. The minimum Gasteiger partial charge on any atom is -0.348 e. The molecule has 0 radical (unpaired) electrons. The number of rotatable bonds is 5. The van der Waals surface area contributed by atoms with Crippen LogP contribution in [0.25, 0.3) is 5.69 Å². The van der Waals surface area contributed by atoms with Gasteiger partial charge < -0.3 is 10.6 Å². The van der Waals surface area contributed by atoms with Crippen LogP contribution in [0.3, 0.4) is 0 Å². The molecule has 2 aromatic carbocycles. The van der Waals surface area contributed by atoms with Crippen LogP contribution in [0.15, 0.2) is 60.8 Å². The van der Waals surface area contributed by atoms with Crippen molar-refractivity contribution in [3.63, 3.8) is 0 Å². The minimum atomic E-state index is -0.285. The Balaban J connectivity index is 1.61. The fourth-order valence-electron chi connectivity index (χ4n) is 3.68. The van der Waals surface area contributed by atoms with Gasteiger partial charge in [0, 0.05) is 12.5 Å². The SMILES string of the molecule is O=C(NCc1ccc(F)cc1)c1cnn(-c2ccccc2)c1C1CCNCC1. The van der Waals surface area contributed by atoms with Crippen molar-refractivity contribution >= 4 is 5.91 Å². The summed E-state index contributed by atoms with van der Waals surface area (Å²) in [5, 5.41) is 10.9. The van der Waals surface area contributed by atoms with E-state index in [1.54, 1.807) is 18.3 Å². The number of hydrogen-bond acceptors (Lipinski definition) is 3. The molecule has 28 heavy (non-hydrogen) atoms. The van der Waals surface area contributed by atoms with Crippen LogP contribution in [0.2, 0.25) is 0 Å². The fourth-order valence-corrected chi connectivity index (χ4v) is 3.68. The van der Waals surface area contributed by atoms with Gasteiger partial charge in [0.2, 0.25) is 0 Å². The maximum atomic E-state index is 13.1. The quantitative estimate of drug-likeness (QED) is 0.715. The molecule has 1 amide bonds. The molecule has 0 bridgehead atoms. The zero-order valence-electron chi connectivity index (χ0n) is 15.6. The first-order valence-electron chi connectivity index (χ1n) is 9.59. The zero-order valence-corrected chi connectivity index (χ0v) is 15.6. The highest BCUT2D eigenvalue weighted by atomic mass is 19.1. The molecule has 6 heteroatoms. The number of nitrogens with one attached hydrogen (secondary N) is 2. The topological polar surface area (TPSA) is 59.0 Å². The second-order valence-electron chi connectivity index (χ2n) is 7.02. The second kappa shape index (κ2) is 8.35. The third kappa shape index (κ3) is 3.97. The molecular weight excluding hydrogens is 355 g/mol. The highest BCUT2D eigenvalue weighted by Crippen LogP contribution is 2.30. The normalized spacial score (nSPS) is 14.8. The lowest BCUT2D eigenvalue weighted by molar-refractivity contribution is 0.0949. The van der Waals surface area contributed by atoms with E-state index in [9.17, 15) is 9.18 Å². The van der Waals surface area contributed by atoms with E-state index in [1.165, 1.54) is 12.1 Å². The van der Waals surface area contributed by atoms with Gasteiger partial charge in [0.1, 0.15) is 5.82 Å². The Hall–Kier alpha value is -2.99. The van der Waals surface area contributed by atoms with Crippen molar-refractivity contribution in [3.8, 4) is 5.69 Å².